The zero-order chi connectivity index (χ0) is 18.0. The molecule has 1 atom stereocenters. The number of hydrogen-bond acceptors (Lipinski definition) is 3. The number of benzene rings is 2. The first-order valence-electron chi connectivity index (χ1n) is 8.02. The van der Waals surface area contributed by atoms with E-state index >= 15 is 0 Å². The number of nitrogens with zero attached hydrogens (tertiary/aromatic N) is 1. The monoisotopic (exact) mass is 333 g/mol. The molecule has 126 valence electrons. The van der Waals surface area contributed by atoms with Gasteiger partial charge in [-0.2, -0.15) is 0 Å². The number of primary amides is 1. The van der Waals surface area contributed by atoms with Crippen LogP contribution in [0.2, 0.25) is 0 Å². The molecule has 0 bridgehead atoms. The summed E-state index contributed by atoms with van der Waals surface area (Å²) < 4.78 is 0. The van der Waals surface area contributed by atoms with E-state index in [1.165, 1.54) is 0 Å². The lowest BCUT2D eigenvalue weighted by molar-refractivity contribution is -0.119. The molecule has 1 unspecified atom stereocenters. The van der Waals surface area contributed by atoms with Crippen LogP contribution >= 0.6 is 0 Å². The molecule has 0 saturated heterocycles. The molecule has 0 saturated carbocycles. The molecule has 0 aliphatic carbocycles. The second-order valence-electron chi connectivity index (χ2n) is 6.04. The number of fused-ring (bicyclic) bond motifs is 1. The van der Waals surface area contributed by atoms with Crippen LogP contribution in [0.25, 0.3) is 22.2 Å². The lowest BCUT2D eigenvalue weighted by Crippen LogP contribution is -2.42. The lowest BCUT2D eigenvalue weighted by atomic mass is 10.0. The van der Waals surface area contributed by atoms with Crippen LogP contribution in [0.5, 0.6) is 0 Å². The lowest BCUT2D eigenvalue weighted by Gasteiger charge is -2.13. The maximum atomic E-state index is 12.7. The SMILES string of the molecule is Cc1ccc(-c2cc(C(=O)NC(C)C(N)=O)c3ccccc3n2)cc1. The van der Waals surface area contributed by atoms with E-state index in [0.29, 0.717) is 11.3 Å². The third-order valence-corrected chi connectivity index (χ3v) is 4.08. The fourth-order valence-corrected chi connectivity index (χ4v) is 2.58. The molecule has 1 aromatic heterocycles. The van der Waals surface area contributed by atoms with Crippen molar-refractivity contribution in [2.24, 2.45) is 5.73 Å². The van der Waals surface area contributed by atoms with Gasteiger partial charge in [0, 0.05) is 10.9 Å². The van der Waals surface area contributed by atoms with Crippen LogP contribution in [0.15, 0.2) is 54.6 Å². The van der Waals surface area contributed by atoms with Crippen LogP contribution in [0.3, 0.4) is 0 Å². The summed E-state index contributed by atoms with van der Waals surface area (Å²) in [5, 5.41) is 3.36. The summed E-state index contributed by atoms with van der Waals surface area (Å²) in [6.07, 6.45) is 0. The van der Waals surface area contributed by atoms with Crippen molar-refractivity contribution in [1.82, 2.24) is 10.3 Å². The van der Waals surface area contributed by atoms with E-state index in [1.807, 2.05) is 55.5 Å². The van der Waals surface area contributed by atoms with Crippen molar-refractivity contribution in [2.45, 2.75) is 19.9 Å². The van der Waals surface area contributed by atoms with Gasteiger partial charge in [-0.25, -0.2) is 4.98 Å². The molecular weight excluding hydrogens is 314 g/mol. The second kappa shape index (κ2) is 6.73. The number of carbonyl (C=O) groups excluding carboxylic acids is 2. The van der Waals surface area contributed by atoms with Crippen molar-refractivity contribution in [2.75, 3.05) is 0 Å². The molecule has 3 N–H and O–H groups in total. The molecule has 25 heavy (non-hydrogen) atoms. The number of hydrogen-bond donors (Lipinski definition) is 2. The van der Waals surface area contributed by atoms with E-state index in [9.17, 15) is 9.59 Å². The second-order valence-corrected chi connectivity index (χ2v) is 6.04. The van der Waals surface area contributed by atoms with Crippen molar-refractivity contribution in [3.8, 4) is 11.3 Å². The standard InChI is InChI=1S/C20H19N3O2/c1-12-7-9-14(10-8-12)18-11-16(20(25)22-13(2)19(21)24)15-5-3-4-6-17(15)23-18/h3-11,13H,1-2H3,(H2,21,24)(H,22,25). The summed E-state index contributed by atoms with van der Waals surface area (Å²) in [6.45, 7) is 3.58. The molecular formula is C20H19N3O2. The number of aromatic nitrogens is 1. The minimum Gasteiger partial charge on any atom is -0.368 e. The molecule has 3 aromatic rings. The van der Waals surface area contributed by atoms with E-state index in [0.717, 1.165) is 22.0 Å². The first-order chi connectivity index (χ1) is 12.0. The minimum absolute atomic E-state index is 0.349. The van der Waals surface area contributed by atoms with Crippen LogP contribution in [-0.4, -0.2) is 22.8 Å². The number of para-hydroxylation sites is 1. The molecule has 0 aliphatic rings. The molecule has 2 amide bonds. The zero-order valence-corrected chi connectivity index (χ0v) is 14.1. The molecule has 0 radical (unpaired) electrons. The fourth-order valence-electron chi connectivity index (χ4n) is 2.58. The van der Waals surface area contributed by atoms with Crippen LogP contribution in [0.4, 0.5) is 0 Å². The Labute approximate surface area is 145 Å². The highest BCUT2D eigenvalue weighted by molar-refractivity contribution is 6.08. The summed E-state index contributed by atoms with van der Waals surface area (Å²) in [5.41, 5.74) is 9.21. The van der Waals surface area contributed by atoms with Gasteiger partial charge in [0.15, 0.2) is 0 Å². The Kier molecular flexibility index (Phi) is 4.48. The Morgan fingerprint density at radius 1 is 1.08 bits per heavy atom. The Hall–Kier alpha value is -3.21. The average Bonchev–Trinajstić information content (AvgIpc) is 2.61. The highest BCUT2D eigenvalue weighted by Gasteiger charge is 2.17. The number of nitrogens with two attached hydrogens (primary N) is 1. The third kappa shape index (κ3) is 3.50. The Morgan fingerprint density at radius 2 is 1.76 bits per heavy atom. The molecule has 0 aliphatic heterocycles. The molecule has 3 rings (SSSR count). The maximum absolute atomic E-state index is 12.7. The Morgan fingerprint density at radius 3 is 2.44 bits per heavy atom. The van der Waals surface area contributed by atoms with Crippen molar-refractivity contribution < 1.29 is 9.59 Å². The van der Waals surface area contributed by atoms with E-state index in [2.05, 4.69) is 10.3 Å². The van der Waals surface area contributed by atoms with Gasteiger partial charge in [0.05, 0.1) is 16.8 Å². The predicted octanol–water partition coefficient (Wildman–Crippen LogP) is 2.81. The van der Waals surface area contributed by atoms with Gasteiger partial charge in [-0.1, -0.05) is 48.0 Å². The van der Waals surface area contributed by atoms with Gasteiger partial charge in [0.1, 0.15) is 6.04 Å². The predicted molar refractivity (Wildman–Crippen MR) is 98.0 cm³/mol. The number of carbonyl (C=O) groups is 2. The highest BCUT2D eigenvalue weighted by Crippen LogP contribution is 2.25. The summed E-state index contributed by atoms with van der Waals surface area (Å²) in [6, 6.07) is 16.4. The fraction of sp³-hybridized carbons (Fsp3) is 0.150. The van der Waals surface area contributed by atoms with E-state index in [1.54, 1.807) is 13.0 Å². The van der Waals surface area contributed by atoms with Crippen LogP contribution in [-0.2, 0) is 4.79 Å². The number of nitrogens with one attached hydrogen (secondary N) is 1. The number of rotatable bonds is 4. The summed E-state index contributed by atoms with van der Waals surface area (Å²) in [7, 11) is 0. The number of aryl methyl sites for hydroxylation is 1. The van der Waals surface area contributed by atoms with Gasteiger partial charge in [-0.3, -0.25) is 9.59 Å². The smallest absolute Gasteiger partial charge is 0.252 e. The van der Waals surface area contributed by atoms with Gasteiger partial charge in [-0.15, -0.1) is 0 Å². The van der Waals surface area contributed by atoms with Crippen molar-refractivity contribution in [3.63, 3.8) is 0 Å². The van der Waals surface area contributed by atoms with Crippen molar-refractivity contribution in [3.05, 3.63) is 65.7 Å². The first-order valence-corrected chi connectivity index (χ1v) is 8.02. The van der Waals surface area contributed by atoms with Crippen LogP contribution in [0, 0.1) is 6.92 Å². The van der Waals surface area contributed by atoms with Crippen LogP contribution < -0.4 is 11.1 Å². The van der Waals surface area contributed by atoms with Crippen molar-refractivity contribution in [1.29, 1.82) is 0 Å². The molecule has 5 heteroatoms. The molecule has 0 spiro atoms. The molecule has 2 aromatic carbocycles. The Bertz CT molecular complexity index is 949. The van der Waals surface area contributed by atoms with Gasteiger partial charge in [0.25, 0.3) is 5.91 Å². The summed E-state index contributed by atoms with van der Waals surface area (Å²) in [5.74, 6) is -0.927. The number of pyridine rings is 1. The quantitative estimate of drug-likeness (QED) is 0.770. The summed E-state index contributed by atoms with van der Waals surface area (Å²) in [4.78, 5) is 28.6. The maximum Gasteiger partial charge on any atom is 0.252 e. The first kappa shape index (κ1) is 16.6. The third-order valence-electron chi connectivity index (χ3n) is 4.08. The normalized spacial score (nSPS) is 11.9. The van der Waals surface area contributed by atoms with E-state index in [-0.39, 0.29) is 5.91 Å². The van der Waals surface area contributed by atoms with Crippen molar-refractivity contribution >= 4 is 22.7 Å². The topological polar surface area (TPSA) is 85.1 Å². The van der Waals surface area contributed by atoms with Gasteiger partial charge >= 0.3 is 0 Å². The summed E-state index contributed by atoms with van der Waals surface area (Å²) >= 11 is 0. The van der Waals surface area contributed by atoms with Gasteiger partial charge < -0.3 is 11.1 Å². The molecule has 0 fully saturated rings. The van der Waals surface area contributed by atoms with Crippen LogP contribution in [0.1, 0.15) is 22.8 Å². The highest BCUT2D eigenvalue weighted by atomic mass is 16.2. The van der Waals surface area contributed by atoms with Gasteiger partial charge in [-0.05, 0) is 26.0 Å². The zero-order valence-electron chi connectivity index (χ0n) is 14.1. The minimum atomic E-state index is -0.748. The van der Waals surface area contributed by atoms with Gasteiger partial charge in [0.2, 0.25) is 5.91 Å². The number of amides is 2. The van der Waals surface area contributed by atoms with E-state index < -0.39 is 11.9 Å². The van der Waals surface area contributed by atoms with E-state index in [4.69, 9.17) is 5.73 Å². The average molecular weight is 333 g/mol. The largest absolute Gasteiger partial charge is 0.368 e. The Balaban J connectivity index is 2.11. The molecule has 1 heterocycles. The molecule has 5 nitrogen and oxygen atoms in total.